The molecule has 1 amide bonds. The summed E-state index contributed by atoms with van der Waals surface area (Å²) in [6, 6.07) is 3.26. The number of aromatic nitrogens is 2. The molecule has 0 bridgehead atoms. The Morgan fingerprint density at radius 1 is 0.853 bits per heavy atom. The fourth-order valence-electron chi connectivity index (χ4n) is 3.67. The van der Waals surface area contributed by atoms with Crippen LogP contribution in [0.3, 0.4) is 0 Å². The van der Waals surface area contributed by atoms with Crippen LogP contribution in [0.2, 0.25) is 0 Å². The second-order valence-electron chi connectivity index (χ2n) is 7.36. The van der Waals surface area contributed by atoms with Gasteiger partial charge in [0.2, 0.25) is 11.8 Å². The number of carbonyl (C=O) groups is 1. The number of anilines is 2. The smallest absolute Gasteiger partial charge is 0.260 e. The van der Waals surface area contributed by atoms with Gasteiger partial charge in [0.1, 0.15) is 11.4 Å². The van der Waals surface area contributed by atoms with Crippen molar-refractivity contribution in [1.82, 2.24) is 14.9 Å². The first-order chi connectivity index (χ1) is 16.2. The second kappa shape index (κ2) is 8.80. The van der Waals surface area contributed by atoms with Crippen LogP contribution < -0.4 is 20.1 Å². The first-order valence-electron chi connectivity index (χ1n) is 9.92. The van der Waals surface area contributed by atoms with Crippen LogP contribution >= 0.6 is 0 Å². The summed E-state index contributed by atoms with van der Waals surface area (Å²) in [5.74, 6) is -11.0. The van der Waals surface area contributed by atoms with Crippen molar-refractivity contribution in [3.8, 4) is 11.5 Å². The van der Waals surface area contributed by atoms with Gasteiger partial charge in [-0.25, -0.2) is 26.9 Å². The van der Waals surface area contributed by atoms with Crippen LogP contribution in [0.25, 0.3) is 10.9 Å². The Morgan fingerprint density at radius 3 is 1.94 bits per heavy atom. The molecule has 4 rings (SSSR count). The number of nitrogens with zero attached hydrogens (tertiary/aromatic N) is 4. The van der Waals surface area contributed by atoms with E-state index in [-0.39, 0.29) is 37.9 Å². The molecular formula is C21H18F5N5O3. The third-order valence-corrected chi connectivity index (χ3v) is 5.49. The lowest BCUT2D eigenvalue weighted by molar-refractivity contribution is 0.0733. The van der Waals surface area contributed by atoms with Crippen molar-refractivity contribution in [2.45, 2.75) is 0 Å². The number of piperazine rings is 1. The summed E-state index contributed by atoms with van der Waals surface area (Å²) >= 11 is 0. The zero-order valence-electron chi connectivity index (χ0n) is 18.0. The lowest BCUT2D eigenvalue weighted by atomic mass is 10.1. The van der Waals surface area contributed by atoms with Gasteiger partial charge in [-0.1, -0.05) is 0 Å². The third-order valence-electron chi connectivity index (χ3n) is 5.49. The standard InChI is InChI=1S/C21H18F5N5O3/c1-33-11-7-9-10(8-12(11)34-2)28-21(29-19(9)27)31-5-3-30(4-6-31)20(32)13-14(22)16(24)18(26)17(25)15(13)23/h7-8H,3-6H2,1-2H3,(H2,27,28,29). The van der Waals surface area contributed by atoms with Gasteiger partial charge in [0.15, 0.2) is 34.8 Å². The maximum Gasteiger partial charge on any atom is 0.260 e. The number of nitrogens with two attached hydrogens (primary N) is 1. The molecule has 180 valence electrons. The highest BCUT2D eigenvalue weighted by molar-refractivity contribution is 5.95. The van der Waals surface area contributed by atoms with E-state index in [0.717, 1.165) is 4.90 Å². The summed E-state index contributed by atoms with van der Waals surface area (Å²) < 4.78 is 78.8. The van der Waals surface area contributed by atoms with Gasteiger partial charge in [0, 0.05) is 37.6 Å². The van der Waals surface area contributed by atoms with Crippen LogP contribution in [0, 0.1) is 29.1 Å². The number of hydrogen-bond donors (Lipinski definition) is 1. The van der Waals surface area contributed by atoms with Crippen molar-refractivity contribution in [2.75, 3.05) is 51.0 Å². The molecule has 1 aliphatic rings. The average Bonchev–Trinajstić information content (AvgIpc) is 2.85. The van der Waals surface area contributed by atoms with Crippen LogP contribution in [0.5, 0.6) is 11.5 Å². The highest BCUT2D eigenvalue weighted by Crippen LogP contribution is 2.34. The molecule has 0 radical (unpaired) electrons. The Kier molecular flexibility index (Phi) is 6.02. The summed E-state index contributed by atoms with van der Waals surface area (Å²) in [5, 5.41) is 0.529. The Hall–Kier alpha value is -3.90. The molecule has 1 aliphatic heterocycles. The number of halogens is 5. The van der Waals surface area contributed by atoms with Crippen LogP contribution in [-0.2, 0) is 0 Å². The summed E-state index contributed by atoms with van der Waals surface area (Å²) in [6.07, 6.45) is 0. The average molecular weight is 483 g/mol. The van der Waals surface area contributed by atoms with E-state index in [1.807, 2.05) is 0 Å². The van der Waals surface area contributed by atoms with Gasteiger partial charge in [0.05, 0.1) is 19.7 Å². The lowest BCUT2D eigenvalue weighted by Crippen LogP contribution is -2.49. The highest BCUT2D eigenvalue weighted by Gasteiger charge is 2.33. The number of hydrogen-bond acceptors (Lipinski definition) is 7. The first-order valence-corrected chi connectivity index (χ1v) is 9.92. The van der Waals surface area contributed by atoms with Crippen molar-refractivity contribution in [2.24, 2.45) is 0 Å². The maximum absolute atomic E-state index is 14.0. The van der Waals surface area contributed by atoms with E-state index in [9.17, 15) is 26.7 Å². The first kappa shape index (κ1) is 23.3. The van der Waals surface area contributed by atoms with Crippen LogP contribution in [0.15, 0.2) is 12.1 Å². The Balaban J connectivity index is 1.57. The molecule has 0 spiro atoms. The molecule has 1 fully saturated rings. The van der Waals surface area contributed by atoms with Crippen LogP contribution in [-0.4, -0.2) is 61.2 Å². The number of ether oxygens (including phenoxy) is 2. The van der Waals surface area contributed by atoms with Gasteiger partial charge in [-0.3, -0.25) is 4.79 Å². The number of rotatable bonds is 4. The summed E-state index contributed by atoms with van der Waals surface area (Å²) in [7, 11) is 2.94. The number of fused-ring (bicyclic) bond motifs is 1. The number of methoxy groups -OCH3 is 2. The predicted octanol–water partition coefficient (Wildman–Crippen LogP) is 2.89. The Bertz CT molecular complexity index is 1270. The molecule has 2 N–H and O–H groups in total. The third kappa shape index (κ3) is 3.76. The number of nitrogen functional groups attached to an aromatic ring is 1. The quantitative estimate of drug-likeness (QED) is 0.347. The fraction of sp³-hybridized carbons (Fsp3) is 0.286. The van der Waals surface area contributed by atoms with E-state index in [2.05, 4.69) is 9.97 Å². The monoisotopic (exact) mass is 483 g/mol. The second-order valence-corrected chi connectivity index (χ2v) is 7.36. The van der Waals surface area contributed by atoms with E-state index in [0.29, 0.717) is 22.4 Å². The maximum atomic E-state index is 14.0. The van der Waals surface area contributed by atoms with Crippen LogP contribution in [0.1, 0.15) is 10.4 Å². The molecule has 34 heavy (non-hydrogen) atoms. The van der Waals surface area contributed by atoms with Crippen molar-refractivity contribution in [3.05, 3.63) is 46.8 Å². The number of amides is 1. The Labute approximate surface area is 189 Å². The van der Waals surface area contributed by atoms with E-state index in [1.165, 1.54) is 14.2 Å². The molecule has 0 unspecified atom stereocenters. The van der Waals surface area contributed by atoms with E-state index >= 15 is 0 Å². The van der Waals surface area contributed by atoms with Crippen molar-refractivity contribution in [3.63, 3.8) is 0 Å². The molecule has 1 saturated heterocycles. The molecule has 8 nitrogen and oxygen atoms in total. The molecule has 0 atom stereocenters. The summed E-state index contributed by atoms with van der Waals surface area (Å²) in [5.41, 5.74) is 5.06. The normalized spacial score (nSPS) is 14.0. The molecule has 3 aromatic rings. The topological polar surface area (TPSA) is 93.8 Å². The van der Waals surface area contributed by atoms with Crippen molar-refractivity contribution < 1.29 is 36.2 Å². The van der Waals surface area contributed by atoms with Gasteiger partial charge in [-0.05, 0) is 6.07 Å². The van der Waals surface area contributed by atoms with E-state index in [1.54, 1.807) is 17.0 Å². The number of benzene rings is 2. The van der Waals surface area contributed by atoms with Crippen molar-refractivity contribution >= 4 is 28.6 Å². The van der Waals surface area contributed by atoms with Gasteiger partial charge in [0.25, 0.3) is 5.91 Å². The molecular weight excluding hydrogens is 465 g/mol. The summed E-state index contributed by atoms with van der Waals surface area (Å²) in [6.45, 7) is 0.0931. The minimum atomic E-state index is -2.32. The van der Waals surface area contributed by atoms with Crippen LogP contribution in [0.4, 0.5) is 33.7 Å². The summed E-state index contributed by atoms with van der Waals surface area (Å²) in [4.78, 5) is 24.0. The van der Waals surface area contributed by atoms with Crippen molar-refractivity contribution in [1.29, 1.82) is 0 Å². The molecule has 13 heteroatoms. The molecule has 2 heterocycles. The lowest BCUT2D eigenvalue weighted by Gasteiger charge is -2.35. The van der Waals surface area contributed by atoms with E-state index in [4.69, 9.17) is 15.2 Å². The fourth-order valence-corrected chi connectivity index (χ4v) is 3.67. The zero-order chi connectivity index (χ0) is 24.7. The van der Waals surface area contributed by atoms with Gasteiger partial charge in [-0.15, -0.1) is 0 Å². The van der Waals surface area contributed by atoms with Gasteiger partial charge in [-0.2, -0.15) is 4.98 Å². The largest absolute Gasteiger partial charge is 0.493 e. The SMILES string of the molecule is COc1cc2nc(N3CCN(C(=O)c4c(F)c(F)c(F)c(F)c4F)CC3)nc(N)c2cc1OC. The molecule has 2 aromatic carbocycles. The minimum absolute atomic E-state index is 0.0778. The van der Waals surface area contributed by atoms with Gasteiger partial charge >= 0.3 is 0 Å². The minimum Gasteiger partial charge on any atom is -0.493 e. The highest BCUT2D eigenvalue weighted by atomic mass is 19.2. The molecule has 0 aliphatic carbocycles. The molecule has 1 aromatic heterocycles. The number of carbonyl (C=O) groups excluding carboxylic acids is 1. The van der Waals surface area contributed by atoms with E-state index < -0.39 is 40.6 Å². The zero-order valence-corrected chi connectivity index (χ0v) is 18.0. The Morgan fingerprint density at radius 2 is 1.38 bits per heavy atom. The van der Waals surface area contributed by atoms with Gasteiger partial charge < -0.3 is 25.0 Å². The molecule has 0 saturated carbocycles. The predicted molar refractivity (Wildman–Crippen MR) is 111 cm³/mol.